The maximum Gasteiger partial charge on any atom is 0.279 e. The number of quaternary nitrogens is 1. The van der Waals surface area contributed by atoms with Gasteiger partial charge in [0.1, 0.15) is 5.75 Å². The first-order chi connectivity index (χ1) is 14.5. The molecule has 0 spiro atoms. The number of nitrogens with one attached hydrogen (secondary N) is 3. The van der Waals surface area contributed by atoms with E-state index in [4.69, 9.17) is 4.74 Å². The molecule has 3 aromatic carbocycles. The van der Waals surface area contributed by atoms with Gasteiger partial charge in [-0.1, -0.05) is 48.5 Å². The highest BCUT2D eigenvalue weighted by molar-refractivity contribution is 5.96. The molecule has 0 saturated carbocycles. The maximum absolute atomic E-state index is 12.5. The van der Waals surface area contributed by atoms with Crippen LogP contribution < -0.4 is 20.3 Å². The summed E-state index contributed by atoms with van der Waals surface area (Å²) in [7, 11) is 3.41. The summed E-state index contributed by atoms with van der Waals surface area (Å²) in [5.41, 5.74) is 3.44. The standard InChI is InChI=1S/C24H25N3O3/c1-27(16-23(28)25-19-12-14-20(30-2)15-13-19)17-24(29)26-22-11-7-6-10-21(22)18-8-4-3-5-9-18/h3-15H,16-17H2,1-2H3,(H,25,28)(H,26,29)/p+1. The van der Waals surface area contributed by atoms with E-state index in [0.717, 1.165) is 27.5 Å². The molecule has 0 radical (unpaired) electrons. The van der Waals surface area contributed by atoms with Gasteiger partial charge in [-0.25, -0.2) is 0 Å². The highest BCUT2D eigenvalue weighted by Gasteiger charge is 2.16. The SMILES string of the molecule is COc1ccc(NC(=O)C[NH+](C)CC(=O)Nc2ccccc2-c2ccccc2)cc1. The Balaban J connectivity index is 1.54. The van der Waals surface area contributed by atoms with Crippen molar-refractivity contribution in [1.82, 2.24) is 0 Å². The Morgan fingerprint density at radius 1 is 0.800 bits per heavy atom. The summed E-state index contributed by atoms with van der Waals surface area (Å²) in [6.07, 6.45) is 0. The molecule has 6 heteroatoms. The fourth-order valence-corrected chi connectivity index (χ4v) is 3.15. The molecule has 0 saturated heterocycles. The average Bonchev–Trinajstić information content (AvgIpc) is 2.75. The molecule has 154 valence electrons. The largest absolute Gasteiger partial charge is 0.497 e. The number of benzene rings is 3. The molecule has 0 aromatic heterocycles. The molecule has 0 aliphatic carbocycles. The molecule has 30 heavy (non-hydrogen) atoms. The van der Waals surface area contributed by atoms with Crippen LogP contribution in [0.15, 0.2) is 78.9 Å². The molecule has 2 amide bonds. The molecule has 1 unspecified atom stereocenters. The van der Waals surface area contributed by atoms with Gasteiger partial charge in [-0.2, -0.15) is 0 Å². The first-order valence-electron chi connectivity index (χ1n) is 9.74. The number of amides is 2. The molecular weight excluding hydrogens is 378 g/mol. The Morgan fingerprint density at radius 2 is 1.40 bits per heavy atom. The van der Waals surface area contributed by atoms with E-state index in [1.54, 1.807) is 31.4 Å². The van der Waals surface area contributed by atoms with Crippen LogP contribution in [0.4, 0.5) is 11.4 Å². The Morgan fingerprint density at radius 3 is 2.07 bits per heavy atom. The van der Waals surface area contributed by atoms with Crippen LogP contribution in [0.5, 0.6) is 5.75 Å². The third kappa shape index (κ3) is 5.93. The number of likely N-dealkylation sites (N-methyl/N-ethyl adjacent to an activating group) is 1. The van der Waals surface area contributed by atoms with Gasteiger partial charge in [-0.15, -0.1) is 0 Å². The van der Waals surface area contributed by atoms with Crippen LogP contribution in [0.25, 0.3) is 11.1 Å². The van der Waals surface area contributed by atoms with E-state index < -0.39 is 0 Å². The number of anilines is 2. The fourth-order valence-electron chi connectivity index (χ4n) is 3.15. The van der Waals surface area contributed by atoms with E-state index >= 15 is 0 Å². The van der Waals surface area contributed by atoms with Crippen molar-refractivity contribution in [3.8, 4) is 16.9 Å². The third-order valence-electron chi connectivity index (χ3n) is 4.58. The van der Waals surface area contributed by atoms with Crippen LogP contribution in [0.2, 0.25) is 0 Å². The number of hydrogen-bond donors (Lipinski definition) is 3. The molecule has 0 heterocycles. The molecule has 0 bridgehead atoms. The quantitative estimate of drug-likeness (QED) is 0.540. The van der Waals surface area contributed by atoms with Gasteiger partial charge in [-0.05, 0) is 35.9 Å². The second-order valence-corrected chi connectivity index (χ2v) is 7.05. The van der Waals surface area contributed by atoms with Crippen molar-refractivity contribution >= 4 is 23.2 Å². The zero-order valence-corrected chi connectivity index (χ0v) is 17.1. The topological polar surface area (TPSA) is 71.9 Å². The first-order valence-corrected chi connectivity index (χ1v) is 9.74. The number of methoxy groups -OCH3 is 1. The van der Waals surface area contributed by atoms with Crippen molar-refractivity contribution in [3.63, 3.8) is 0 Å². The van der Waals surface area contributed by atoms with E-state index in [1.807, 2.05) is 61.6 Å². The second kappa shape index (κ2) is 10.2. The van der Waals surface area contributed by atoms with Crippen LogP contribution in [-0.4, -0.2) is 39.1 Å². The predicted molar refractivity (Wildman–Crippen MR) is 119 cm³/mol. The van der Waals surface area contributed by atoms with Gasteiger partial charge in [0.05, 0.1) is 14.2 Å². The van der Waals surface area contributed by atoms with Crippen molar-refractivity contribution in [2.24, 2.45) is 0 Å². The Bertz CT molecular complexity index is 988. The zero-order valence-electron chi connectivity index (χ0n) is 17.1. The summed E-state index contributed by atoms with van der Waals surface area (Å²) < 4.78 is 5.11. The van der Waals surface area contributed by atoms with Gasteiger partial charge in [0.15, 0.2) is 13.1 Å². The predicted octanol–water partition coefficient (Wildman–Crippen LogP) is 2.45. The molecule has 0 aliphatic heterocycles. The lowest BCUT2D eigenvalue weighted by Gasteiger charge is -2.15. The van der Waals surface area contributed by atoms with Gasteiger partial charge in [0.2, 0.25) is 0 Å². The number of ether oxygens (including phenoxy) is 1. The summed E-state index contributed by atoms with van der Waals surface area (Å²) >= 11 is 0. The van der Waals surface area contributed by atoms with Crippen LogP contribution in [0.1, 0.15) is 0 Å². The zero-order chi connectivity index (χ0) is 21.3. The molecule has 6 nitrogen and oxygen atoms in total. The fraction of sp³-hybridized carbons (Fsp3) is 0.167. The van der Waals surface area contributed by atoms with Gasteiger partial charge in [0, 0.05) is 16.9 Å². The lowest BCUT2D eigenvalue weighted by Crippen LogP contribution is -3.11. The van der Waals surface area contributed by atoms with Crippen molar-refractivity contribution in [2.75, 3.05) is 37.9 Å². The van der Waals surface area contributed by atoms with Gasteiger partial charge in [0.25, 0.3) is 11.8 Å². The van der Waals surface area contributed by atoms with Crippen molar-refractivity contribution in [3.05, 3.63) is 78.9 Å². The van der Waals surface area contributed by atoms with E-state index in [9.17, 15) is 9.59 Å². The number of hydrogen-bond acceptors (Lipinski definition) is 3. The van der Waals surface area contributed by atoms with Crippen molar-refractivity contribution < 1.29 is 19.2 Å². The molecule has 0 fully saturated rings. The van der Waals surface area contributed by atoms with Crippen LogP contribution in [0, 0.1) is 0 Å². The van der Waals surface area contributed by atoms with E-state index in [2.05, 4.69) is 10.6 Å². The number of carbonyl (C=O) groups is 2. The lowest BCUT2D eigenvalue weighted by molar-refractivity contribution is -0.862. The first kappa shape index (κ1) is 21.1. The smallest absolute Gasteiger partial charge is 0.279 e. The molecule has 3 aromatic rings. The number of rotatable bonds is 8. The Kier molecular flexibility index (Phi) is 7.19. The van der Waals surface area contributed by atoms with Crippen molar-refractivity contribution in [1.29, 1.82) is 0 Å². The third-order valence-corrected chi connectivity index (χ3v) is 4.58. The average molecular weight is 404 g/mol. The van der Waals surface area contributed by atoms with E-state index in [0.29, 0.717) is 5.69 Å². The van der Waals surface area contributed by atoms with E-state index in [1.165, 1.54) is 0 Å². The Hall–Kier alpha value is -3.64. The minimum atomic E-state index is -0.157. The highest BCUT2D eigenvalue weighted by atomic mass is 16.5. The minimum Gasteiger partial charge on any atom is -0.497 e. The number of carbonyl (C=O) groups excluding carboxylic acids is 2. The summed E-state index contributed by atoms with van der Waals surface area (Å²) in [6.45, 7) is 0.360. The van der Waals surface area contributed by atoms with Gasteiger partial charge >= 0.3 is 0 Å². The maximum atomic E-state index is 12.5. The molecule has 3 N–H and O–H groups in total. The summed E-state index contributed by atoms with van der Waals surface area (Å²) in [5, 5.41) is 5.80. The van der Waals surface area contributed by atoms with Crippen LogP contribution in [0.3, 0.4) is 0 Å². The lowest BCUT2D eigenvalue weighted by atomic mass is 10.0. The Labute approximate surface area is 176 Å². The summed E-state index contributed by atoms with van der Waals surface area (Å²) in [5.74, 6) is 0.423. The minimum absolute atomic E-state index is 0.145. The summed E-state index contributed by atoms with van der Waals surface area (Å²) in [6, 6.07) is 24.7. The summed E-state index contributed by atoms with van der Waals surface area (Å²) in [4.78, 5) is 25.6. The van der Waals surface area contributed by atoms with Crippen LogP contribution >= 0.6 is 0 Å². The van der Waals surface area contributed by atoms with Crippen LogP contribution in [-0.2, 0) is 9.59 Å². The normalized spacial score (nSPS) is 11.4. The highest BCUT2D eigenvalue weighted by Crippen LogP contribution is 2.27. The molecule has 3 rings (SSSR count). The monoisotopic (exact) mass is 404 g/mol. The van der Waals surface area contributed by atoms with Gasteiger partial charge in [-0.3, -0.25) is 9.59 Å². The van der Waals surface area contributed by atoms with E-state index in [-0.39, 0.29) is 24.9 Å². The molecule has 0 aliphatic rings. The second-order valence-electron chi connectivity index (χ2n) is 7.05. The van der Waals surface area contributed by atoms with Gasteiger partial charge < -0.3 is 20.3 Å². The molecular formula is C24H26N3O3+. The molecule has 1 atom stereocenters. The number of para-hydroxylation sites is 1. The van der Waals surface area contributed by atoms with Crippen molar-refractivity contribution in [2.45, 2.75) is 0 Å².